The van der Waals surface area contributed by atoms with Crippen molar-refractivity contribution in [2.45, 2.75) is 25.8 Å². The second-order valence-corrected chi connectivity index (χ2v) is 6.50. The third-order valence-corrected chi connectivity index (χ3v) is 4.30. The molecular formula is C18H18ClN3O. The van der Waals surface area contributed by atoms with Gasteiger partial charge in [-0.15, -0.1) is 0 Å². The molecule has 2 aromatic heterocycles. The van der Waals surface area contributed by atoms with Gasteiger partial charge in [-0.2, -0.15) is 0 Å². The maximum Gasteiger partial charge on any atom is 0.230 e. The Morgan fingerprint density at radius 3 is 2.91 bits per heavy atom. The van der Waals surface area contributed by atoms with E-state index in [-0.39, 0.29) is 5.91 Å². The molecule has 0 atom stereocenters. The van der Waals surface area contributed by atoms with Crippen LogP contribution in [-0.2, 0) is 16.8 Å². The fourth-order valence-electron chi connectivity index (χ4n) is 2.64. The average molecular weight is 328 g/mol. The SMILES string of the molecule is CC(C)(C(=O)NCc1cccnc1)c1c[nH]c2cc(Cl)ccc12. The van der Waals surface area contributed by atoms with Gasteiger partial charge in [0.1, 0.15) is 0 Å². The lowest BCUT2D eigenvalue weighted by Gasteiger charge is -2.23. The lowest BCUT2D eigenvalue weighted by atomic mass is 9.83. The number of fused-ring (bicyclic) bond motifs is 1. The Balaban J connectivity index is 1.83. The van der Waals surface area contributed by atoms with Gasteiger partial charge in [0, 0.05) is 41.1 Å². The van der Waals surface area contributed by atoms with Gasteiger partial charge in [0.2, 0.25) is 5.91 Å². The maximum atomic E-state index is 12.7. The highest BCUT2D eigenvalue weighted by Gasteiger charge is 2.32. The first-order valence-electron chi connectivity index (χ1n) is 7.43. The summed E-state index contributed by atoms with van der Waals surface area (Å²) in [6.45, 7) is 4.30. The molecule has 2 N–H and O–H groups in total. The zero-order chi connectivity index (χ0) is 16.4. The predicted molar refractivity (Wildman–Crippen MR) is 92.4 cm³/mol. The van der Waals surface area contributed by atoms with Crippen LogP contribution in [0.15, 0.2) is 48.9 Å². The number of carbonyl (C=O) groups excluding carboxylic acids is 1. The molecule has 0 aliphatic heterocycles. The third-order valence-electron chi connectivity index (χ3n) is 4.06. The van der Waals surface area contributed by atoms with E-state index in [1.165, 1.54) is 0 Å². The van der Waals surface area contributed by atoms with Crippen LogP contribution in [0.2, 0.25) is 5.02 Å². The molecule has 4 nitrogen and oxygen atoms in total. The summed E-state index contributed by atoms with van der Waals surface area (Å²) < 4.78 is 0. The number of nitrogens with zero attached hydrogens (tertiary/aromatic N) is 1. The molecule has 0 radical (unpaired) electrons. The molecule has 5 heteroatoms. The molecular weight excluding hydrogens is 310 g/mol. The van der Waals surface area contributed by atoms with Crippen LogP contribution < -0.4 is 5.32 Å². The lowest BCUT2D eigenvalue weighted by Crippen LogP contribution is -2.39. The molecule has 0 saturated heterocycles. The molecule has 0 unspecified atom stereocenters. The number of rotatable bonds is 4. The largest absolute Gasteiger partial charge is 0.361 e. The van der Waals surface area contributed by atoms with Crippen LogP contribution in [0.3, 0.4) is 0 Å². The Hall–Kier alpha value is -2.33. The van der Waals surface area contributed by atoms with Gasteiger partial charge in [-0.3, -0.25) is 9.78 Å². The fourth-order valence-corrected chi connectivity index (χ4v) is 2.82. The van der Waals surface area contributed by atoms with E-state index >= 15 is 0 Å². The molecule has 23 heavy (non-hydrogen) atoms. The number of nitrogens with one attached hydrogen (secondary N) is 2. The Morgan fingerprint density at radius 2 is 2.17 bits per heavy atom. The molecule has 0 fully saturated rings. The van der Waals surface area contributed by atoms with Gasteiger partial charge >= 0.3 is 0 Å². The van der Waals surface area contributed by atoms with Crippen LogP contribution in [0.4, 0.5) is 0 Å². The number of H-pyrrole nitrogens is 1. The summed E-state index contributed by atoms with van der Waals surface area (Å²) in [7, 11) is 0. The van der Waals surface area contributed by atoms with Crippen molar-refractivity contribution in [2.24, 2.45) is 0 Å². The van der Waals surface area contributed by atoms with E-state index in [0.29, 0.717) is 11.6 Å². The van der Waals surface area contributed by atoms with Gasteiger partial charge < -0.3 is 10.3 Å². The van der Waals surface area contributed by atoms with Gasteiger partial charge in [0.05, 0.1) is 5.41 Å². The maximum absolute atomic E-state index is 12.7. The minimum atomic E-state index is -0.658. The zero-order valence-corrected chi connectivity index (χ0v) is 13.8. The molecule has 0 spiro atoms. The second kappa shape index (κ2) is 6.05. The molecule has 3 rings (SSSR count). The number of aromatic nitrogens is 2. The van der Waals surface area contributed by atoms with Gasteiger partial charge in [-0.05, 0) is 43.2 Å². The van der Waals surface area contributed by atoms with E-state index in [1.54, 1.807) is 12.4 Å². The van der Waals surface area contributed by atoms with E-state index < -0.39 is 5.41 Å². The van der Waals surface area contributed by atoms with E-state index in [2.05, 4.69) is 15.3 Å². The molecule has 118 valence electrons. The van der Waals surface area contributed by atoms with E-state index in [9.17, 15) is 4.79 Å². The molecule has 2 heterocycles. The van der Waals surface area contributed by atoms with E-state index in [0.717, 1.165) is 22.0 Å². The molecule has 0 aliphatic rings. The summed E-state index contributed by atoms with van der Waals surface area (Å²) in [5, 5.41) is 4.67. The van der Waals surface area contributed by atoms with Crippen molar-refractivity contribution in [2.75, 3.05) is 0 Å². The molecule has 0 bridgehead atoms. The van der Waals surface area contributed by atoms with E-state index in [1.807, 2.05) is 50.4 Å². The number of amides is 1. The van der Waals surface area contributed by atoms with Gasteiger partial charge in [0.25, 0.3) is 0 Å². The normalized spacial score (nSPS) is 11.6. The summed E-state index contributed by atoms with van der Waals surface area (Å²) in [6.07, 6.45) is 5.35. The number of hydrogen-bond acceptors (Lipinski definition) is 2. The van der Waals surface area contributed by atoms with Crippen LogP contribution in [-0.4, -0.2) is 15.9 Å². The molecule has 0 saturated carbocycles. The van der Waals surface area contributed by atoms with Crippen molar-refractivity contribution in [3.8, 4) is 0 Å². The summed E-state index contributed by atoms with van der Waals surface area (Å²) in [5.41, 5.74) is 2.20. The second-order valence-electron chi connectivity index (χ2n) is 6.06. The first-order chi connectivity index (χ1) is 11.0. The minimum Gasteiger partial charge on any atom is -0.361 e. The topological polar surface area (TPSA) is 57.8 Å². The van der Waals surface area contributed by atoms with E-state index in [4.69, 9.17) is 11.6 Å². The van der Waals surface area contributed by atoms with Gasteiger partial charge in [-0.1, -0.05) is 23.7 Å². The standard InChI is InChI=1S/C18H18ClN3O/c1-18(2,17(23)22-10-12-4-3-7-20-9-12)15-11-21-16-8-13(19)5-6-14(15)16/h3-9,11,21H,10H2,1-2H3,(H,22,23). The highest BCUT2D eigenvalue weighted by atomic mass is 35.5. The van der Waals surface area contributed by atoms with Crippen molar-refractivity contribution < 1.29 is 4.79 Å². The van der Waals surface area contributed by atoms with Crippen LogP contribution in [0.25, 0.3) is 10.9 Å². The van der Waals surface area contributed by atoms with Gasteiger partial charge in [0.15, 0.2) is 0 Å². The van der Waals surface area contributed by atoms with Crippen molar-refractivity contribution in [1.29, 1.82) is 0 Å². The smallest absolute Gasteiger partial charge is 0.230 e. The molecule has 1 aromatic carbocycles. The van der Waals surface area contributed by atoms with Crippen molar-refractivity contribution >= 4 is 28.4 Å². The zero-order valence-electron chi connectivity index (χ0n) is 13.1. The summed E-state index contributed by atoms with van der Waals surface area (Å²) >= 11 is 6.02. The Morgan fingerprint density at radius 1 is 1.35 bits per heavy atom. The predicted octanol–water partition coefficient (Wildman–Crippen LogP) is 3.81. The monoisotopic (exact) mass is 327 g/mol. The number of benzene rings is 1. The number of hydrogen-bond donors (Lipinski definition) is 2. The number of halogens is 1. The first-order valence-corrected chi connectivity index (χ1v) is 7.80. The molecule has 0 aliphatic carbocycles. The summed E-state index contributed by atoms with van der Waals surface area (Å²) in [5.74, 6) is -0.0304. The van der Waals surface area contributed by atoms with Crippen LogP contribution in [0.1, 0.15) is 25.0 Å². The average Bonchev–Trinajstić information content (AvgIpc) is 2.97. The van der Waals surface area contributed by atoms with Gasteiger partial charge in [-0.25, -0.2) is 0 Å². The summed E-state index contributed by atoms with van der Waals surface area (Å²) in [6, 6.07) is 9.44. The highest BCUT2D eigenvalue weighted by Crippen LogP contribution is 2.32. The van der Waals surface area contributed by atoms with Crippen LogP contribution in [0, 0.1) is 0 Å². The van der Waals surface area contributed by atoms with Crippen molar-refractivity contribution in [3.05, 3.63) is 65.1 Å². The van der Waals surface area contributed by atoms with Crippen molar-refractivity contribution in [3.63, 3.8) is 0 Å². The Labute approximate surface area is 139 Å². The Kier molecular flexibility index (Phi) is 4.09. The third kappa shape index (κ3) is 3.08. The van der Waals surface area contributed by atoms with Crippen molar-refractivity contribution in [1.82, 2.24) is 15.3 Å². The number of carbonyl (C=O) groups is 1. The molecule has 3 aromatic rings. The van der Waals surface area contributed by atoms with Crippen LogP contribution >= 0.6 is 11.6 Å². The van der Waals surface area contributed by atoms with Crippen LogP contribution in [0.5, 0.6) is 0 Å². The number of aromatic amines is 1. The Bertz CT molecular complexity index is 840. The first kappa shape index (κ1) is 15.6. The number of pyridine rings is 1. The summed E-state index contributed by atoms with van der Waals surface area (Å²) in [4.78, 5) is 19.9. The quantitative estimate of drug-likeness (QED) is 0.765. The lowest BCUT2D eigenvalue weighted by molar-refractivity contribution is -0.125. The highest BCUT2D eigenvalue weighted by molar-refractivity contribution is 6.31. The fraction of sp³-hybridized carbons (Fsp3) is 0.222. The molecule has 1 amide bonds. The minimum absolute atomic E-state index is 0.0304.